The molecule has 0 heterocycles. The largest absolute Gasteiger partial charge is 0.393 e. The van der Waals surface area contributed by atoms with Crippen LogP contribution >= 0.6 is 22.6 Å². The average Bonchev–Trinajstić information content (AvgIpc) is 2.61. The van der Waals surface area contributed by atoms with Gasteiger partial charge in [0.1, 0.15) is 0 Å². The maximum Gasteiger partial charge on any atom is 0.0577 e. The van der Waals surface area contributed by atoms with Crippen molar-refractivity contribution in [3.8, 4) is 0 Å². The highest BCUT2D eigenvalue weighted by atomic mass is 127. The van der Waals surface area contributed by atoms with Gasteiger partial charge in [-0.1, -0.05) is 41.7 Å². The predicted octanol–water partition coefficient (Wildman–Crippen LogP) is 2.63. The van der Waals surface area contributed by atoms with E-state index in [-0.39, 0.29) is 6.10 Å². The summed E-state index contributed by atoms with van der Waals surface area (Å²) in [5.74, 6) is 3.59. The maximum atomic E-state index is 10.1. The molecule has 0 amide bonds. The average molecular weight is 304 g/mol. The van der Waals surface area contributed by atoms with Crippen LogP contribution in [0.4, 0.5) is 0 Å². The minimum absolute atomic E-state index is 0.0119. The number of hydrogen-bond acceptors (Lipinski definition) is 1. The van der Waals surface area contributed by atoms with E-state index in [0.717, 1.165) is 28.1 Å². The number of aliphatic hydroxyl groups excluding tert-OH is 1. The van der Waals surface area contributed by atoms with Gasteiger partial charge in [0.25, 0.3) is 0 Å². The van der Waals surface area contributed by atoms with Crippen molar-refractivity contribution in [3.63, 3.8) is 0 Å². The molecule has 0 aromatic rings. The Morgan fingerprint density at radius 2 is 2.14 bits per heavy atom. The van der Waals surface area contributed by atoms with Gasteiger partial charge in [-0.15, -0.1) is 0 Å². The van der Waals surface area contributed by atoms with Gasteiger partial charge in [0.2, 0.25) is 0 Å². The second kappa shape index (κ2) is 3.21. The Balaban J connectivity index is 1.98. The Hall–Kier alpha value is 0.430. The highest BCUT2D eigenvalue weighted by Crippen LogP contribution is 2.57. The molecule has 2 bridgehead atoms. The lowest BCUT2D eigenvalue weighted by Gasteiger charge is -2.54. The van der Waals surface area contributed by atoms with Gasteiger partial charge in [0, 0.05) is 3.92 Å². The zero-order chi connectivity index (χ0) is 9.87. The summed E-state index contributed by atoms with van der Waals surface area (Å²) < 4.78 is 0.782. The normalized spacial score (nSPS) is 60.4. The Labute approximate surface area is 99.1 Å². The Morgan fingerprint density at radius 1 is 1.36 bits per heavy atom. The fraction of sp³-hybridized carbons (Fsp3) is 0.833. The van der Waals surface area contributed by atoms with Crippen LogP contribution in [0.1, 0.15) is 19.8 Å². The summed E-state index contributed by atoms with van der Waals surface area (Å²) >= 11 is 2.62. The molecule has 0 aromatic carbocycles. The van der Waals surface area contributed by atoms with Crippen LogP contribution in [0.3, 0.4) is 0 Å². The van der Waals surface area contributed by atoms with E-state index in [1.807, 2.05) is 0 Å². The fourth-order valence-corrected chi connectivity index (χ4v) is 5.38. The molecule has 3 saturated carbocycles. The topological polar surface area (TPSA) is 20.2 Å². The van der Waals surface area contributed by atoms with Crippen LogP contribution in [0.2, 0.25) is 0 Å². The Morgan fingerprint density at radius 3 is 2.93 bits per heavy atom. The summed E-state index contributed by atoms with van der Waals surface area (Å²) in [6.07, 6.45) is 7.02. The van der Waals surface area contributed by atoms with Crippen molar-refractivity contribution in [2.24, 2.45) is 29.6 Å². The van der Waals surface area contributed by atoms with Crippen LogP contribution in [0.5, 0.6) is 0 Å². The second-order valence-electron chi connectivity index (χ2n) is 5.25. The van der Waals surface area contributed by atoms with Crippen molar-refractivity contribution in [1.82, 2.24) is 0 Å². The van der Waals surface area contributed by atoms with Gasteiger partial charge >= 0.3 is 0 Å². The van der Waals surface area contributed by atoms with Gasteiger partial charge in [-0.3, -0.25) is 0 Å². The van der Waals surface area contributed by atoms with Gasteiger partial charge in [-0.05, 0) is 42.4 Å². The van der Waals surface area contributed by atoms with E-state index in [0.29, 0.717) is 11.8 Å². The van der Waals surface area contributed by atoms with Crippen LogP contribution in [0.15, 0.2) is 12.2 Å². The molecule has 4 aliphatic rings. The number of hydrogen-bond donors (Lipinski definition) is 1. The van der Waals surface area contributed by atoms with E-state index >= 15 is 0 Å². The molecule has 14 heavy (non-hydrogen) atoms. The van der Waals surface area contributed by atoms with Crippen LogP contribution in [0.25, 0.3) is 0 Å². The van der Waals surface area contributed by atoms with Crippen molar-refractivity contribution < 1.29 is 5.11 Å². The van der Waals surface area contributed by atoms with E-state index in [1.54, 1.807) is 0 Å². The summed E-state index contributed by atoms with van der Waals surface area (Å²) in [6.45, 7) is 2.34. The molecule has 0 spiro atoms. The number of aliphatic hydroxyl groups is 1. The second-order valence-corrected chi connectivity index (χ2v) is 6.69. The summed E-state index contributed by atoms with van der Waals surface area (Å²) in [4.78, 5) is 0. The lowest BCUT2D eigenvalue weighted by molar-refractivity contribution is -0.0795. The quantitative estimate of drug-likeness (QED) is 0.414. The minimum Gasteiger partial charge on any atom is -0.393 e. The zero-order valence-corrected chi connectivity index (χ0v) is 10.6. The molecule has 7 atom stereocenters. The summed E-state index contributed by atoms with van der Waals surface area (Å²) in [6, 6.07) is 0. The van der Waals surface area contributed by atoms with Gasteiger partial charge in [-0.25, -0.2) is 0 Å². The number of alkyl halides is 1. The van der Waals surface area contributed by atoms with Crippen molar-refractivity contribution in [3.05, 3.63) is 12.2 Å². The van der Waals surface area contributed by atoms with Gasteiger partial charge in [0.15, 0.2) is 0 Å². The van der Waals surface area contributed by atoms with Gasteiger partial charge in [-0.2, -0.15) is 0 Å². The van der Waals surface area contributed by atoms with Crippen molar-refractivity contribution >= 4 is 22.6 Å². The molecule has 0 aromatic heterocycles. The number of halogens is 1. The molecule has 4 rings (SSSR count). The first-order valence-corrected chi connectivity index (χ1v) is 6.93. The first kappa shape index (κ1) is 9.64. The molecule has 1 N–H and O–H groups in total. The molecule has 4 aliphatic carbocycles. The molecule has 0 aliphatic heterocycles. The van der Waals surface area contributed by atoms with Gasteiger partial charge in [0.05, 0.1) is 6.10 Å². The summed E-state index contributed by atoms with van der Waals surface area (Å²) in [5.41, 5.74) is 0. The van der Waals surface area contributed by atoms with E-state index in [1.165, 1.54) is 6.42 Å². The molecule has 0 radical (unpaired) electrons. The van der Waals surface area contributed by atoms with Crippen LogP contribution in [0, 0.1) is 29.6 Å². The number of rotatable bonds is 0. The van der Waals surface area contributed by atoms with Crippen molar-refractivity contribution in [2.75, 3.05) is 0 Å². The third-order valence-corrected chi connectivity index (χ3v) is 6.78. The molecule has 0 saturated heterocycles. The van der Waals surface area contributed by atoms with E-state index < -0.39 is 0 Å². The first-order chi connectivity index (χ1) is 6.70. The van der Waals surface area contributed by atoms with Crippen LogP contribution in [-0.2, 0) is 0 Å². The van der Waals surface area contributed by atoms with E-state index in [9.17, 15) is 5.11 Å². The Kier molecular flexibility index (Phi) is 2.21. The fourth-order valence-electron chi connectivity index (χ4n) is 4.13. The lowest BCUT2D eigenvalue weighted by Crippen LogP contribution is -2.55. The van der Waals surface area contributed by atoms with Crippen LogP contribution < -0.4 is 0 Å². The third-order valence-electron chi connectivity index (χ3n) is 4.73. The molecule has 1 nitrogen and oxygen atoms in total. The molecule has 78 valence electrons. The molecule has 3 fully saturated rings. The monoisotopic (exact) mass is 304 g/mol. The predicted molar refractivity (Wildman–Crippen MR) is 65.3 cm³/mol. The molecular formula is C12H17IO. The SMILES string of the molecule is CC1[C@@H]2C(O)C[C@@H]([C@H]3C=CC[C@@H]23)[C@@H]1I. The lowest BCUT2D eigenvalue weighted by atomic mass is 9.54. The van der Waals surface area contributed by atoms with Gasteiger partial charge < -0.3 is 5.11 Å². The number of allylic oxidation sites excluding steroid dienone is 2. The molecule has 2 unspecified atom stereocenters. The van der Waals surface area contributed by atoms with Crippen molar-refractivity contribution in [1.29, 1.82) is 0 Å². The highest BCUT2D eigenvalue weighted by Gasteiger charge is 2.55. The Bertz CT molecular complexity index is 275. The first-order valence-electron chi connectivity index (χ1n) is 5.69. The smallest absolute Gasteiger partial charge is 0.0577 e. The third kappa shape index (κ3) is 1.10. The van der Waals surface area contributed by atoms with Crippen LogP contribution in [-0.4, -0.2) is 15.1 Å². The molecule has 2 heteroatoms. The van der Waals surface area contributed by atoms with E-state index in [4.69, 9.17) is 0 Å². The highest BCUT2D eigenvalue weighted by molar-refractivity contribution is 14.1. The standard InChI is InChI=1S/C12H17IO/c1-6-11-8-4-2-3-7(8)9(12(6)13)5-10(11)14/h2-3,6-12,14H,4-5H2,1H3/t6?,7-,8+,9-,10?,11-,12+/m0/s1. The maximum absolute atomic E-state index is 10.1. The van der Waals surface area contributed by atoms with Crippen molar-refractivity contribution in [2.45, 2.75) is 29.8 Å². The zero-order valence-electron chi connectivity index (χ0n) is 8.44. The number of fused-ring (bicyclic) bond motifs is 2. The minimum atomic E-state index is -0.0119. The summed E-state index contributed by atoms with van der Waals surface area (Å²) in [5, 5.41) is 10.1. The summed E-state index contributed by atoms with van der Waals surface area (Å²) in [7, 11) is 0. The van der Waals surface area contributed by atoms with E-state index in [2.05, 4.69) is 41.7 Å². The molecular weight excluding hydrogens is 287 g/mol.